The van der Waals surface area contributed by atoms with Crippen LogP contribution in [0.15, 0.2) is 60.9 Å². The summed E-state index contributed by atoms with van der Waals surface area (Å²) in [5, 5.41) is 5.31. The first-order valence-electron chi connectivity index (χ1n) is 10.6. The van der Waals surface area contributed by atoms with Crippen molar-refractivity contribution in [2.75, 3.05) is 5.32 Å². The third-order valence-electron chi connectivity index (χ3n) is 5.29. The van der Waals surface area contributed by atoms with Crippen LogP contribution in [0.1, 0.15) is 40.4 Å². The maximum atomic E-state index is 13.9. The predicted molar refractivity (Wildman–Crippen MR) is 129 cm³/mol. The minimum atomic E-state index is -4.85. The van der Waals surface area contributed by atoms with E-state index in [-0.39, 0.29) is 32.6 Å². The van der Waals surface area contributed by atoms with Crippen LogP contribution in [0.25, 0.3) is 5.65 Å². The second kappa shape index (κ2) is 10.2. The van der Waals surface area contributed by atoms with Crippen molar-refractivity contribution in [2.24, 2.45) is 0 Å². The Balaban J connectivity index is 1.67. The van der Waals surface area contributed by atoms with Crippen LogP contribution in [-0.4, -0.2) is 26.2 Å². The van der Waals surface area contributed by atoms with E-state index in [0.717, 1.165) is 4.40 Å². The number of rotatable bonds is 6. The fourth-order valence-corrected chi connectivity index (χ4v) is 4.23. The lowest BCUT2D eigenvalue weighted by Crippen LogP contribution is -2.29. The van der Waals surface area contributed by atoms with Gasteiger partial charge >= 0.3 is 6.18 Å². The molecule has 2 amide bonds. The zero-order chi connectivity index (χ0) is 26.0. The Labute approximate surface area is 213 Å². The summed E-state index contributed by atoms with van der Waals surface area (Å²) in [5.74, 6) is -1.38. The number of aromatic nitrogens is 3. The van der Waals surface area contributed by atoms with E-state index in [9.17, 15) is 22.8 Å². The largest absolute Gasteiger partial charge is 0.435 e. The number of nitrogens with zero attached hydrogens (tertiary/aromatic N) is 3. The lowest BCUT2D eigenvalue weighted by atomic mass is 10.2. The average Bonchev–Trinajstić information content (AvgIpc) is 3.19. The van der Waals surface area contributed by atoms with Gasteiger partial charge in [0.1, 0.15) is 0 Å². The molecule has 7 nitrogen and oxygen atoms in total. The van der Waals surface area contributed by atoms with Gasteiger partial charge in [0.25, 0.3) is 5.91 Å². The molecule has 2 N–H and O–H groups in total. The number of nitrogens with one attached hydrogen (secondary N) is 2. The first-order valence-corrected chi connectivity index (χ1v) is 11.3. The second-order valence-electron chi connectivity index (χ2n) is 7.79. The summed E-state index contributed by atoms with van der Waals surface area (Å²) in [6.07, 6.45) is -2.57. The van der Waals surface area contributed by atoms with Crippen molar-refractivity contribution in [1.29, 1.82) is 0 Å². The quantitative estimate of drug-likeness (QED) is 0.330. The molecule has 0 aliphatic carbocycles. The van der Waals surface area contributed by atoms with Gasteiger partial charge in [0.2, 0.25) is 5.91 Å². The minimum Gasteiger partial charge on any atom is -0.348 e. The number of hydrogen-bond acceptors (Lipinski definition) is 4. The number of carbonyl (C=O) groups is 2. The summed E-state index contributed by atoms with van der Waals surface area (Å²) in [5.41, 5.74) is -1.30. The molecule has 0 bridgehead atoms. The topological polar surface area (TPSA) is 88.4 Å². The van der Waals surface area contributed by atoms with Gasteiger partial charge in [-0.25, -0.2) is 4.98 Å². The van der Waals surface area contributed by atoms with Gasteiger partial charge in [0.05, 0.1) is 45.1 Å². The van der Waals surface area contributed by atoms with Gasteiger partial charge in [-0.2, -0.15) is 13.2 Å². The van der Waals surface area contributed by atoms with Crippen LogP contribution in [0.2, 0.25) is 10.0 Å². The molecule has 0 saturated carbocycles. The monoisotopic (exact) mass is 535 g/mol. The number of halogens is 5. The Morgan fingerprint density at radius 1 is 1.06 bits per heavy atom. The van der Waals surface area contributed by atoms with E-state index in [0.29, 0.717) is 5.69 Å². The molecule has 0 spiro atoms. The van der Waals surface area contributed by atoms with Crippen molar-refractivity contribution in [3.05, 3.63) is 93.6 Å². The summed E-state index contributed by atoms with van der Waals surface area (Å²) in [4.78, 5) is 33.4. The average molecular weight is 536 g/mol. The number of amides is 2. The molecule has 1 atom stereocenters. The molecule has 4 rings (SSSR count). The Bertz CT molecular complexity index is 1420. The van der Waals surface area contributed by atoms with Crippen LogP contribution in [0.3, 0.4) is 0 Å². The zero-order valence-electron chi connectivity index (χ0n) is 18.6. The standard InChI is InChI=1S/C24H18Cl2F3N5O2/c1-13(16-8-2-3-10-30-16)31-19(35)12-18-21(24(27,28)29)33-22-17(9-5-11-34(18)22)32-23(36)20-14(25)6-4-7-15(20)26/h2-11,13H,12H2,1H3,(H,31,35)(H,32,36). The van der Waals surface area contributed by atoms with Crippen LogP contribution in [0.5, 0.6) is 0 Å². The number of carbonyl (C=O) groups excluding carboxylic acids is 2. The van der Waals surface area contributed by atoms with E-state index in [2.05, 4.69) is 20.6 Å². The van der Waals surface area contributed by atoms with E-state index < -0.39 is 36.1 Å². The molecular weight excluding hydrogens is 518 g/mol. The summed E-state index contributed by atoms with van der Waals surface area (Å²) in [6.45, 7) is 1.67. The fourth-order valence-electron chi connectivity index (χ4n) is 3.66. The minimum absolute atomic E-state index is 0.0162. The number of anilines is 1. The van der Waals surface area contributed by atoms with Gasteiger partial charge in [-0.05, 0) is 43.3 Å². The molecule has 0 aliphatic rings. The lowest BCUT2D eigenvalue weighted by molar-refractivity contribution is -0.141. The fraction of sp³-hybridized carbons (Fsp3) is 0.167. The molecule has 0 fully saturated rings. The number of imidazole rings is 1. The summed E-state index contributed by atoms with van der Waals surface area (Å²) in [7, 11) is 0. The maximum absolute atomic E-state index is 13.9. The first-order chi connectivity index (χ1) is 17.1. The highest BCUT2D eigenvalue weighted by Crippen LogP contribution is 2.34. The van der Waals surface area contributed by atoms with Crippen molar-refractivity contribution >= 4 is 46.4 Å². The molecule has 3 aromatic heterocycles. The molecule has 3 heterocycles. The van der Waals surface area contributed by atoms with Gasteiger partial charge in [-0.1, -0.05) is 35.3 Å². The van der Waals surface area contributed by atoms with Crippen LogP contribution in [0.4, 0.5) is 18.9 Å². The van der Waals surface area contributed by atoms with Crippen molar-refractivity contribution in [1.82, 2.24) is 19.7 Å². The molecule has 186 valence electrons. The van der Waals surface area contributed by atoms with E-state index in [4.69, 9.17) is 23.2 Å². The molecule has 36 heavy (non-hydrogen) atoms. The van der Waals surface area contributed by atoms with Crippen molar-refractivity contribution in [3.63, 3.8) is 0 Å². The van der Waals surface area contributed by atoms with E-state index >= 15 is 0 Å². The van der Waals surface area contributed by atoms with Crippen LogP contribution >= 0.6 is 23.2 Å². The van der Waals surface area contributed by atoms with Crippen LogP contribution in [-0.2, 0) is 17.4 Å². The van der Waals surface area contributed by atoms with Crippen molar-refractivity contribution in [3.8, 4) is 0 Å². The third kappa shape index (κ3) is 5.29. The summed E-state index contributed by atoms with van der Waals surface area (Å²) >= 11 is 12.2. The number of hydrogen-bond donors (Lipinski definition) is 2. The number of alkyl halides is 3. The number of fused-ring (bicyclic) bond motifs is 1. The summed E-state index contributed by atoms with van der Waals surface area (Å²) in [6, 6.07) is 11.9. The highest BCUT2D eigenvalue weighted by atomic mass is 35.5. The first kappa shape index (κ1) is 25.5. The van der Waals surface area contributed by atoms with Crippen LogP contribution in [0, 0.1) is 0 Å². The molecule has 0 radical (unpaired) electrons. The van der Waals surface area contributed by atoms with Gasteiger partial charge < -0.3 is 15.0 Å². The molecular formula is C24H18Cl2F3N5O2. The Morgan fingerprint density at radius 3 is 2.42 bits per heavy atom. The van der Waals surface area contributed by atoms with E-state index in [1.807, 2.05) is 0 Å². The normalized spacial score (nSPS) is 12.4. The SMILES string of the molecule is CC(NC(=O)Cc1c(C(F)(F)F)nc2c(NC(=O)c3c(Cl)cccc3Cl)cccn12)c1ccccn1. The highest BCUT2D eigenvalue weighted by Gasteiger charge is 2.39. The van der Waals surface area contributed by atoms with Gasteiger partial charge in [-0.15, -0.1) is 0 Å². The Hall–Kier alpha value is -3.63. The molecule has 0 aliphatic heterocycles. The predicted octanol–water partition coefficient (Wildman–Crippen LogP) is 5.73. The van der Waals surface area contributed by atoms with Crippen molar-refractivity contribution in [2.45, 2.75) is 25.6 Å². The molecule has 1 unspecified atom stereocenters. The Morgan fingerprint density at radius 2 is 1.78 bits per heavy atom. The smallest absolute Gasteiger partial charge is 0.348 e. The van der Waals surface area contributed by atoms with Gasteiger partial charge in [0.15, 0.2) is 11.3 Å². The highest BCUT2D eigenvalue weighted by molar-refractivity contribution is 6.40. The lowest BCUT2D eigenvalue weighted by Gasteiger charge is -2.14. The van der Waals surface area contributed by atoms with E-state index in [1.54, 1.807) is 37.4 Å². The van der Waals surface area contributed by atoms with Gasteiger partial charge in [0, 0.05) is 12.4 Å². The molecule has 4 aromatic rings. The molecule has 12 heteroatoms. The van der Waals surface area contributed by atoms with Crippen LogP contribution < -0.4 is 10.6 Å². The molecule has 1 aromatic carbocycles. The maximum Gasteiger partial charge on any atom is 0.435 e. The molecule has 0 saturated heterocycles. The third-order valence-corrected chi connectivity index (χ3v) is 5.92. The van der Waals surface area contributed by atoms with E-state index in [1.165, 1.54) is 30.5 Å². The Kier molecular flexibility index (Phi) is 7.18. The number of benzene rings is 1. The second-order valence-corrected chi connectivity index (χ2v) is 8.61. The number of pyridine rings is 2. The summed E-state index contributed by atoms with van der Waals surface area (Å²) < 4.78 is 42.8. The zero-order valence-corrected chi connectivity index (χ0v) is 20.1. The van der Waals surface area contributed by atoms with Gasteiger partial charge in [-0.3, -0.25) is 14.6 Å². The van der Waals surface area contributed by atoms with Crippen molar-refractivity contribution < 1.29 is 22.8 Å².